The maximum Gasteiger partial charge on any atom is 0.465 e. The predicted octanol–water partition coefficient (Wildman–Crippen LogP) is 0.972. The molecular formula is C23H28F2O11S. The van der Waals surface area contributed by atoms with E-state index in [1.54, 1.807) is 0 Å². The van der Waals surface area contributed by atoms with Crippen LogP contribution >= 0.6 is 0 Å². The fraction of sp³-hybridized carbons (Fsp3) is 0.870. The van der Waals surface area contributed by atoms with E-state index >= 15 is 0 Å². The molecule has 7 unspecified atom stereocenters. The van der Waals surface area contributed by atoms with Crippen molar-refractivity contribution < 1.29 is 60.2 Å². The van der Waals surface area contributed by atoms with Gasteiger partial charge in [0, 0.05) is 30.1 Å². The highest BCUT2D eigenvalue weighted by Crippen LogP contribution is 2.64. The molecule has 0 spiro atoms. The molecule has 14 heteroatoms. The van der Waals surface area contributed by atoms with Crippen LogP contribution < -0.4 is 0 Å². The fourth-order valence-electron chi connectivity index (χ4n) is 8.32. The van der Waals surface area contributed by atoms with Crippen LogP contribution in [-0.2, 0) is 43.4 Å². The number of hydrogen-bond donors (Lipinski definition) is 2. The molecule has 0 radical (unpaired) electrons. The third-order valence-electron chi connectivity index (χ3n) is 9.81. The van der Waals surface area contributed by atoms with Crippen molar-refractivity contribution in [2.24, 2.45) is 29.6 Å². The minimum atomic E-state index is -6.03. The standard InChI is InChI=1S/C23H28F2O11S/c1-20(36-19(28)23(24,25)37(30,31)32)11-4-21(29)5-12(20)7-22(6-11,9-21)33-8-15(26)34-16-10-2-13-14(3-10)18(27)35-17(13)16/h10-14,16-17,29H,2-9H2,1H3,(H,30,31,32). The minimum Gasteiger partial charge on any atom is -0.458 e. The summed E-state index contributed by atoms with van der Waals surface area (Å²) in [5, 5.41) is 5.98. The number of hydrogen-bond acceptors (Lipinski definition) is 10. The Kier molecular flexibility index (Phi) is 5.22. The van der Waals surface area contributed by atoms with Crippen molar-refractivity contribution in [3.63, 3.8) is 0 Å². The average molecular weight is 551 g/mol. The number of carbonyl (C=O) groups excluding carboxylic acids is 3. The average Bonchev–Trinajstić information content (AvgIpc) is 3.40. The Morgan fingerprint density at radius 2 is 1.81 bits per heavy atom. The van der Waals surface area contributed by atoms with Crippen molar-refractivity contribution >= 4 is 28.0 Å². The lowest BCUT2D eigenvalue weighted by atomic mass is 9.47. The molecule has 1 heterocycles. The molecule has 0 amide bonds. The van der Waals surface area contributed by atoms with Gasteiger partial charge in [0.05, 0.1) is 17.1 Å². The van der Waals surface area contributed by atoms with Crippen molar-refractivity contribution in [3.05, 3.63) is 0 Å². The van der Waals surface area contributed by atoms with Gasteiger partial charge in [-0.25, -0.2) is 9.59 Å². The highest BCUT2D eigenvalue weighted by atomic mass is 32.2. The summed E-state index contributed by atoms with van der Waals surface area (Å²) in [5.41, 5.74) is -3.75. The lowest BCUT2D eigenvalue weighted by Crippen LogP contribution is -2.70. The molecular weight excluding hydrogens is 522 g/mol. The normalized spacial score (nSPS) is 47.3. The number of alkyl halides is 2. The van der Waals surface area contributed by atoms with Gasteiger partial charge < -0.3 is 24.1 Å². The summed E-state index contributed by atoms with van der Waals surface area (Å²) in [6.45, 7) is 0.986. The van der Waals surface area contributed by atoms with Gasteiger partial charge in [-0.3, -0.25) is 9.35 Å². The van der Waals surface area contributed by atoms with Gasteiger partial charge >= 0.3 is 33.3 Å². The van der Waals surface area contributed by atoms with Gasteiger partial charge in [0.2, 0.25) is 0 Å². The zero-order valence-corrected chi connectivity index (χ0v) is 20.7. The maximum atomic E-state index is 13.9. The van der Waals surface area contributed by atoms with Crippen molar-refractivity contribution in [3.8, 4) is 0 Å². The summed E-state index contributed by atoms with van der Waals surface area (Å²) in [6.07, 6.45) is 1.22. The highest BCUT2D eigenvalue weighted by molar-refractivity contribution is 7.87. The van der Waals surface area contributed by atoms with Crippen LogP contribution in [0.3, 0.4) is 0 Å². The summed E-state index contributed by atoms with van der Waals surface area (Å²) < 4.78 is 80.7. The van der Waals surface area contributed by atoms with Gasteiger partial charge in [-0.1, -0.05) is 0 Å². The molecule has 1 aliphatic heterocycles. The number of ether oxygens (including phenoxy) is 4. The summed E-state index contributed by atoms with van der Waals surface area (Å²) in [4.78, 5) is 36.7. The van der Waals surface area contributed by atoms with Gasteiger partial charge in [-0.15, -0.1) is 0 Å². The number of aliphatic hydroxyl groups is 1. The molecule has 6 aliphatic carbocycles. The Bertz CT molecular complexity index is 1150. The zero-order chi connectivity index (χ0) is 26.8. The smallest absolute Gasteiger partial charge is 0.458 e. The lowest BCUT2D eigenvalue weighted by Gasteiger charge is -2.65. The Balaban J connectivity index is 1.12. The fourth-order valence-corrected chi connectivity index (χ4v) is 8.57. The molecule has 7 aliphatic rings. The van der Waals surface area contributed by atoms with E-state index in [-0.39, 0.29) is 55.8 Å². The van der Waals surface area contributed by atoms with Gasteiger partial charge in [0.15, 0.2) is 0 Å². The third-order valence-corrected chi connectivity index (χ3v) is 10.6. The Morgan fingerprint density at radius 1 is 1.16 bits per heavy atom. The van der Waals surface area contributed by atoms with E-state index in [1.165, 1.54) is 6.92 Å². The van der Waals surface area contributed by atoms with Crippen LogP contribution in [0.25, 0.3) is 0 Å². The SMILES string of the molecule is CC1(OC(=O)C(F)(F)S(=O)(=O)O)C2CC3(O)CC1CC(OCC(=O)OC1C4CC5C(=O)OC1C5C4)(C2)C3. The first-order chi connectivity index (χ1) is 17.1. The molecule has 6 bridgehead atoms. The van der Waals surface area contributed by atoms with Gasteiger partial charge in [-0.05, 0) is 45.4 Å². The molecule has 7 atom stereocenters. The second-order valence-electron chi connectivity index (χ2n) is 12.0. The van der Waals surface area contributed by atoms with Crippen molar-refractivity contribution in [2.45, 2.75) is 86.1 Å². The predicted molar refractivity (Wildman–Crippen MR) is 114 cm³/mol. The third kappa shape index (κ3) is 3.65. The maximum absolute atomic E-state index is 13.9. The van der Waals surface area contributed by atoms with E-state index in [0.29, 0.717) is 6.42 Å². The van der Waals surface area contributed by atoms with Crippen LogP contribution in [0.2, 0.25) is 0 Å². The minimum absolute atomic E-state index is 0.0620. The number of carbonyl (C=O) groups is 3. The first kappa shape index (κ1) is 25.4. The first-order valence-electron chi connectivity index (χ1n) is 12.4. The van der Waals surface area contributed by atoms with E-state index in [9.17, 15) is 36.7 Å². The highest BCUT2D eigenvalue weighted by Gasteiger charge is 2.69. The monoisotopic (exact) mass is 550 g/mol. The van der Waals surface area contributed by atoms with E-state index in [4.69, 9.17) is 23.5 Å². The van der Waals surface area contributed by atoms with E-state index in [1.807, 2.05) is 0 Å². The number of fused-ring (bicyclic) bond motifs is 1. The second kappa shape index (κ2) is 7.60. The Labute approximate surface area is 210 Å². The summed E-state index contributed by atoms with van der Waals surface area (Å²) in [7, 11) is -6.03. The van der Waals surface area contributed by atoms with Gasteiger partial charge in [0.1, 0.15) is 24.4 Å². The van der Waals surface area contributed by atoms with Crippen LogP contribution in [0.1, 0.15) is 51.9 Å². The van der Waals surface area contributed by atoms with Crippen LogP contribution in [-0.4, -0.2) is 76.9 Å². The van der Waals surface area contributed by atoms with Gasteiger partial charge in [0.25, 0.3) is 0 Å². The molecule has 0 aromatic heterocycles. The zero-order valence-electron chi connectivity index (χ0n) is 19.9. The molecule has 11 nitrogen and oxygen atoms in total. The molecule has 6 saturated carbocycles. The largest absolute Gasteiger partial charge is 0.465 e. The topological polar surface area (TPSA) is 163 Å². The number of esters is 3. The second-order valence-corrected chi connectivity index (χ2v) is 13.5. The molecule has 206 valence electrons. The quantitative estimate of drug-likeness (QED) is 0.264. The van der Waals surface area contributed by atoms with Crippen LogP contribution in [0, 0.1) is 29.6 Å². The summed E-state index contributed by atoms with van der Waals surface area (Å²) in [6, 6.07) is 0. The molecule has 2 N–H and O–H groups in total. The molecule has 7 rings (SSSR count). The van der Waals surface area contributed by atoms with E-state index in [2.05, 4.69) is 0 Å². The first-order valence-corrected chi connectivity index (χ1v) is 13.8. The molecule has 0 aromatic rings. The molecule has 1 saturated heterocycles. The molecule has 0 aromatic carbocycles. The van der Waals surface area contributed by atoms with Gasteiger partial charge in [-0.2, -0.15) is 17.2 Å². The van der Waals surface area contributed by atoms with Crippen molar-refractivity contribution in [2.75, 3.05) is 6.61 Å². The van der Waals surface area contributed by atoms with E-state index in [0.717, 1.165) is 6.42 Å². The van der Waals surface area contributed by atoms with Crippen LogP contribution in [0.4, 0.5) is 8.78 Å². The molecule has 37 heavy (non-hydrogen) atoms. The van der Waals surface area contributed by atoms with Crippen molar-refractivity contribution in [1.82, 2.24) is 0 Å². The Morgan fingerprint density at radius 3 is 2.43 bits per heavy atom. The van der Waals surface area contributed by atoms with Crippen LogP contribution in [0.5, 0.6) is 0 Å². The number of rotatable bonds is 7. The van der Waals surface area contributed by atoms with E-state index < -0.39 is 74.8 Å². The van der Waals surface area contributed by atoms with Crippen molar-refractivity contribution in [1.29, 1.82) is 0 Å². The lowest BCUT2D eigenvalue weighted by molar-refractivity contribution is -0.287. The van der Waals surface area contributed by atoms with Crippen LogP contribution in [0.15, 0.2) is 0 Å². The number of halogens is 2. The summed E-state index contributed by atoms with van der Waals surface area (Å²) >= 11 is 0. The Hall–Kier alpha value is -1.90. The molecule has 7 fully saturated rings. The summed E-state index contributed by atoms with van der Waals surface area (Å²) in [5.74, 6) is -4.55.